The third kappa shape index (κ3) is 4.78. The highest BCUT2D eigenvalue weighted by Gasteiger charge is 2.28. The largest absolute Gasteiger partial charge is 0.480 e. The van der Waals surface area contributed by atoms with Crippen LogP contribution in [0.25, 0.3) is 0 Å². The molecule has 2 N–H and O–H groups in total. The number of thioether (sulfide) groups is 1. The van der Waals surface area contributed by atoms with Crippen LogP contribution in [0.4, 0.5) is 0 Å². The number of aliphatic carboxylic acids is 1. The highest BCUT2D eigenvalue weighted by molar-refractivity contribution is 7.99. The molecule has 0 unspecified atom stereocenters. The number of aromatic nitrogens is 4. The molecular formula is C10H15N5O4S. The van der Waals surface area contributed by atoms with Crippen LogP contribution in [-0.2, 0) is 14.3 Å². The number of ether oxygens (including phenoxy) is 1. The molecule has 1 heterocycles. The minimum Gasteiger partial charge on any atom is -0.480 e. The molecule has 1 aliphatic carbocycles. The molecule has 1 fully saturated rings. The summed E-state index contributed by atoms with van der Waals surface area (Å²) in [6, 6.07) is 0.375. The third-order valence-electron chi connectivity index (χ3n) is 2.48. The number of carboxylic acid groups (broad SMARTS) is 1. The van der Waals surface area contributed by atoms with Gasteiger partial charge in [-0.1, -0.05) is 11.8 Å². The highest BCUT2D eigenvalue weighted by Crippen LogP contribution is 2.36. The molecule has 0 aliphatic heterocycles. The molecule has 0 radical (unpaired) electrons. The predicted octanol–water partition coefficient (Wildman–Crippen LogP) is -0.682. The standard InChI is InChI=1S/C10H15N5O4S/c16-8(11-3-4-19-5-9(17)18)6-20-10-12-13-14-15(10)7-1-2-7/h7H,1-6H2,(H,11,16)(H,17,18). The summed E-state index contributed by atoms with van der Waals surface area (Å²) in [6.07, 6.45) is 2.15. The van der Waals surface area contributed by atoms with Gasteiger partial charge >= 0.3 is 5.97 Å². The van der Waals surface area contributed by atoms with E-state index < -0.39 is 5.97 Å². The number of carboxylic acids is 1. The molecule has 0 atom stereocenters. The lowest BCUT2D eigenvalue weighted by atomic mass is 10.6. The van der Waals surface area contributed by atoms with Gasteiger partial charge in [0.2, 0.25) is 11.1 Å². The first kappa shape index (κ1) is 14.7. The number of carbonyl (C=O) groups is 2. The van der Waals surface area contributed by atoms with Crippen LogP contribution in [0.1, 0.15) is 18.9 Å². The maximum absolute atomic E-state index is 11.6. The van der Waals surface area contributed by atoms with Crippen molar-refractivity contribution in [3.8, 4) is 0 Å². The molecule has 1 aromatic rings. The number of hydrogen-bond acceptors (Lipinski definition) is 7. The molecule has 1 aliphatic rings. The van der Waals surface area contributed by atoms with Gasteiger partial charge in [0.25, 0.3) is 0 Å². The van der Waals surface area contributed by atoms with Gasteiger partial charge in [-0.15, -0.1) is 5.10 Å². The second kappa shape index (κ2) is 7.20. The van der Waals surface area contributed by atoms with Gasteiger partial charge in [-0.2, -0.15) is 0 Å². The van der Waals surface area contributed by atoms with Crippen LogP contribution in [0.2, 0.25) is 0 Å². The highest BCUT2D eigenvalue weighted by atomic mass is 32.2. The number of hydrogen-bond donors (Lipinski definition) is 2. The van der Waals surface area contributed by atoms with Crippen LogP contribution in [0.3, 0.4) is 0 Å². The minimum absolute atomic E-state index is 0.167. The first-order chi connectivity index (χ1) is 9.66. The Morgan fingerprint density at radius 3 is 3.00 bits per heavy atom. The molecular weight excluding hydrogens is 286 g/mol. The van der Waals surface area contributed by atoms with E-state index in [4.69, 9.17) is 9.84 Å². The summed E-state index contributed by atoms with van der Waals surface area (Å²) < 4.78 is 6.54. The van der Waals surface area contributed by atoms with Crippen LogP contribution < -0.4 is 5.32 Å². The molecule has 1 amide bonds. The van der Waals surface area contributed by atoms with Gasteiger partial charge in [0, 0.05) is 6.54 Å². The smallest absolute Gasteiger partial charge is 0.329 e. The lowest BCUT2D eigenvalue weighted by Crippen LogP contribution is -2.29. The van der Waals surface area contributed by atoms with Crippen molar-refractivity contribution in [3.63, 3.8) is 0 Å². The molecule has 10 heteroatoms. The molecule has 2 rings (SSSR count). The molecule has 0 aromatic carbocycles. The van der Waals surface area contributed by atoms with E-state index in [0.717, 1.165) is 12.8 Å². The van der Waals surface area contributed by atoms with Crippen molar-refractivity contribution in [1.29, 1.82) is 0 Å². The number of rotatable bonds is 9. The average Bonchev–Trinajstić information content (AvgIpc) is 3.14. The van der Waals surface area contributed by atoms with Gasteiger partial charge in [-0.3, -0.25) is 4.79 Å². The van der Waals surface area contributed by atoms with Gasteiger partial charge in [-0.25, -0.2) is 9.48 Å². The maximum Gasteiger partial charge on any atom is 0.329 e. The van der Waals surface area contributed by atoms with E-state index >= 15 is 0 Å². The molecule has 9 nitrogen and oxygen atoms in total. The zero-order valence-corrected chi connectivity index (χ0v) is 11.5. The summed E-state index contributed by atoms with van der Waals surface area (Å²) in [5.74, 6) is -0.982. The lowest BCUT2D eigenvalue weighted by molar-refractivity contribution is -0.142. The van der Waals surface area contributed by atoms with E-state index in [-0.39, 0.29) is 31.4 Å². The monoisotopic (exact) mass is 301 g/mol. The minimum atomic E-state index is -1.03. The molecule has 1 saturated carbocycles. The van der Waals surface area contributed by atoms with Crippen molar-refractivity contribution in [2.75, 3.05) is 25.5 Å². The van der Waals surface area contributed by atoms with Crippen LogP contribution in [0.15, 0.2) is 5.16 Å². The van der Waals surface area contributed by atoms with E-state index in [1.165, 1.54) is 11.8 Å². The Kier molecular flexibility index (Phi) is 5.30. The lowest BCUT2D eigenvalue weighted by Gasteiger charge is -2.05. The number of carbonyl (C=O) groups excluding carboxylic acids is 1. The Bertz CT molecular complexity index is 476. The topological polar surface area (TPSA) is 119 Å². The molecule has 0 spiro atoms. The SMILES string of the molecule is O=C(O)COCCNC(=O)CSc1nnnn1C1CC1. The predicted molar refractivity (Wildman–Crippen MR) is 68.3 cm³/mol. The zero-order chi connectivity index (χ0) is 14.4. The van der Waals surface area contributed by atoms with E-state index in [9.17, 15) is 9.59 Å². The van der Waals surface area contributed by atoms with Crippen LogP contribution in [0.5, 0.6) is 0 Å². The summed E-state index contributed by atoms with van der Waals surface area (Å²) in [5, 5.41) is 23.0. The quantitative estimate of drug-likeness (QED) is 0.455. The fourth-order valence-electron chi connectivity index (χ4n) is 1.43. The van der Waals surface area contributed by atoms with Crippen LogP contribution in [0, 0.1) is 0 Å². The second-order valence-corrected chi connectivity index (χ2v) is 5.16. The van der Waals surface area contributed by atoms with Crippen LogP contribution >= 0.6 is 11.8 Å². The Labute approximate surface area is 119 Å². The normalized spacial score (nSPS) is 14.2. The first-order valence-corrected chi connectivity index (χ1v) is 7.12. The second-order valence-electron chi connectivity index (χ2n) is 4.22. The molecule has 1 aromatic heterocycles. The maximum atomic E-state index is 11.6. The van der Waals surface area contributed by atoms with Gasteiger partial charge in [0.1, 0.15) is 6.61 Å². The summed E-state index contributed by atoms with van der Waals surface area (Å²) in [4.78, 5) is 21.7. The van der Waals surface area contributed by atoms with Crippen molar-refractivity contribution in [2.45, 2.75) is 24.0 Å². The van der Waals surface area contributed by atoms with E-state index in [0.29, 0.717) is 11.2 Å². The third-order valence-corrected chi connectivity index (χ3v) is 3.42. The fourth-order valence-corrected chi connectivity index (χ4v) is 2.21. The number of nitrogens with zero attached hydrogens (tertiary/aromatic N) is 4. The average molecular weight is 301 g/mol. The van der Waals surface area contributed by atoms with Crippen molar-refractivity contribution in [2.24, 2.45) is 0 Å². The van der Waals surface area contributed by atoms with Gasteiger partial charge < -0.3 is 15.2 Å². The summed E-state index contributed by atoms with van der Waals surface area (Å²) >= 11 is 1.28. The van der Waals surface area contributed by atoms with E-state index in [1.54, 1.807) is 4.68 Å². The number of tetrazole rings is 1. The Hall–Kier alpha value is -1.68. The van der Waals surface area contributed by atoms with Crippen molar-refractivity contribution in [1.82, 2.24) is 25.5 Å². The molecule has 20 heavy (non-hydrogen) atoms. The van der Waals surface area contributed by atoms with Crippen LogP contribution in [-0.4, -0.2) is 62.7 Å². The molecule has 0 saturated heterocycles. The van der Waals surface area contributed by atoms with E-state index in [2.05, 4.69) is 20.8 Å². The van der Waals surface area contributed by atoms with Crippen molar-refractivity contribution < 1.29 is 19.4 Å². The zero-order valence-electron chi connectivity index (χ0n) is 10.7. The fraction of sp³-hybridized carbons (Fsp3) is 0.700. The van der Waals surface area contributed by atoms with Gasteiger partial charge in [-0.05, 0) is 23.3 Å². The van der Waals surface area contributed by atoms with Gasteiger partial charge in [0.05, 0.1) is 18.4 Å². The first-order valence-electron chi connectivity index (χ1n) is 6.13. The summed E-state index contributed by atoms with van der Waals surface area (Å²) in [6.45, 7) is 0.0868. The summed E-state index contributed by atoms with van der Waals surface area (Å²) in [7, 11) is 0. The number of amides is 1. The Morgan fingerprint density at radius 2 is 2.30 bits per heavy atom. The van der Waals surface area contributed by atoms with Crippen molar-refractivity contribution in [3.05, 3.63) is 0 Å². The Morgan fingerprint density at radius 1 is 1.50 bits per heavy atom. The number of nitrogens with one attached hydrogen (secondary N) is 1. The van der Waals surface area contributed by atoms with E-state index in [1.807, 2.05) is 0 Å². The van der Waals surface area contributed by atoms with Gasteiger partial charge in [0.15, 0.2) is 0 Å². The molecule has 0 bridgehead atoms. The Balaban J connectivity index is 1.60. The van der Waals surface area contributed by atoms with Crippen molar-refractivity contribution >= 4 is 23.6 Å². The molecule has 110 valence electrons. The summed E-state index contributed by atoms with van der Waals surface area (Å²) in [5.41, 5.74) is 0.